The van der Waals surface area contributed by atoms with Crippen LogP contribution in [0.4, 0.5) is 4.39 Å². The van der Waals surface area contributed by atoms with Gasteiger partial charge in [0.2, 0.25) is 0 Å². The zero-order valence-corrected chi connectivity index (χ0v) is 35.3. The minimum Gasteiger partial charge on any atom is -0.587 e. The second-order valence-corrected chi connectivity index (χ2v) is 14.4. The van der Waals surface area contributed by atoms with Crippen molar-refractivity contribution >= 4 is 55.7 Å². The van der Waals surface area contributed by atoms with Crippen molar-refractivity contribution in [3.63, 3.8) is 0 Å². The van der Waals surface area contributed by atoms with Crippen LogP contribution in [0, 0.1) is 0 Å². The van der Waals surface area contributed by atoms with Crippen molar-refractivity contribution in [3.8, 4) is 0 Å². The fraction of sp³-hybridized carbons (Fsp3) is 0.314. The number of rotatable bonds is 14. The van der Waals surface area contributed by atoms with E-state index in [1.165, 1.54) is 0 Å². The van der Waals surface area contributed by atoms with Gasteiger partial charge in [-0.15, -0.1) is 0 Å². The van der Waals surface area contributed by atoms with Crippen molar-refractivity contribution < 1.29 is 121 Å². The maximum atomic E-state index is 12.2. The van der Waals surface area contributed by atoms with Crippen LogP contribution < -0.4 is 51.4 Å². The third-order valence-electron chi connectivity index (χ3n) is 7.32. The molecule has 0 fully saturated rings. The van der Waals surface area contributed by atoms with Crippen molar-refractivity contribution in [2.75, 3.05) is 72.4 Å². The van der Waals surface area contributed by atoms with E-state index >= 15 is 0 Å². The van der Waals surface area contributed by atoms with Crippen molar-refractivity contribution in [2.45, 2.75) is 0 Å². The van der Waals surface area contributed by atoms with Gasteiger partial charge in [-0.25, -0.2) is 0 Å². The van der Waals surface area contributed by atoms with Gasteiger partial charge in [0.1, 0.15) is 0 Å². The van der Waals surface area contributed by atoms with Gasteiger partial charge in [-0.1, -0.05) is 48.5 Å². The van der Waals surface area contributed by atoms with Gasteiger partial charge in [0.25, 0.3) is 43.9 Å². The Morgan fingerprint density at radius 3 is 1.09 bits per heavy atom. The van der Waals surface area contributed by atoms with Gasteiger partial charge in [0, 0.05) is 11.1 Å². The van der Waals surface area contributed by atoms with Crippen molar-refractivity contribution in [2.24, 2.45) is 0 Å². The number of halogens is 1. The second kappa shape index (κ2) is 23.0. The Labute approximate surface area is 366 Å². The molecule has 0 N–H and O–H groups in total. The maximum absolute atomic E-state index is 12.2. The van der Waals surface area contributed by atoms with E-state index in [4.69, 9.17) is 10.8 Å². The first-order valence-electron chi connectivity index (χ1n) is 16.7. The zero-order valence-electron chi connectivity index (χ0n) is 31.5. The molecule has 0 unspecified atom stereocenters. The van der Waals surface area contributed by atoms with Crippen LogP contribution >= 0.6 is 0 Å². The molecular formula is C35H37FKN3O14S2. The number of alkyl halides is 1. The minimum absolute atomic E-state index is 0. The van der Waals surface area contributed by atoms with Gasteiger partial charge in [0.05, 0.1) is 108 Å². The van der Waals surface area contributed by atoms with Crippen LogP contribution in [0.5, 0.6) is 0 Å². The number of imide groups is 3. The summed E-state index contributed by atoms with van der Waals surface area (Å²) in [6.45, 7) is 0.419. The van der Waals surface area contributed by atoms with Gasteiger partial charge in [-0.05, 0) is 24.3 Å². The summed E-state index contributed by atoms with van der Waals surface area (Å²) in [4.78, 5) is 73.0. The van der Waals surface area contributed by atoms with Crippen LogP contribution in [0.3, 0.4) is 0 Å². The molecule has 3 aliphatic heterocycles. The summed E-state index contributed by atoms with van der Waals surface area (Å²) in [6.07, 6.45) is 1.86. The Morgan fingerprint density at radius 2 is 0.804 bits per heavy atom. The molecule has 6 amide bonds. The molecule has 17 nitrogen and oxygen atoms in total. The number of carbonyl (C=O) groups excluding carboxylic acids is 6. The number of amides is 6. The Kier molecular flexibility index (Phi) is 19.2. The molecular weight excluding hydrogens is 809 g/mol. The molecule has 21 heteroatoms. The van der Waals surface area contributed by atoms with Crippen LogP contribution in [-0.2, 0) is 38.1 Å². The van der Waals surface area contributed by atoms with Crippen LogP contribution in [0.25, 0.3) is 5.32 Å². The van der Waals surface area contributed by atoms with Crippen LogP contribution in [-0.4, -0.2) is 134 Å². The van der Waals surface area contributed by atoms with Gasteiger partial charge >= 0.3 is 51.4 Å². The first-order chi connectivity index (χ1) is 26.5. The summed E-state index contributed by atoms with van der Waals surface area (Å²) >= 11 is 0. The normalized spacial score (nSPS) is 14.2. The number of fused-ring (bicyclic) bond motifs is 3. The first kappa shape index (κ1) is 46.8. The molecule has 0 spiro atoms. The fourth-order valence-corrected chi connectivity index (χ4v) is 5.70. The van der Waals surface area contributed by atoms with E-state index in [1.54, 1.807) is 72.8 Å². The van der Waals surface area contributed by atoms with E-state index in [0.717, 1.165) is 22.3 Å². The standard InChI is InChI=1S/C20H16N2O5.C8H5NO2.C6H14O7S2.CH3F.K/c23-17-13-5-1-2-6-14(13)18(24)21(17)9-11-27-12-10-22-19(25)15-7-3-4-8-16(15)20(22)26;10-7-5-3-1-2-4-6(5)8(11)9-7;1-14(7,8)12-5-3-11-4-6-13-15(2,9)10;1-2;/h1-8H,9-12H2;1-4H,(H,9,10,11);3-6H2,1-2H3;1H3;/q;;;;+1/p-1/i;;;1D;. The third-order valence-corrected chi connectivity index (χ3v) is 8.51. The molecule has 3 aliphatic rings. The molecule has 0 atom stereocenters. The van der Waals surface area contributed by atoms with E-state index in [0.29, 0.717) is 33.4 Å². The number of ether oxygens (including phenoxy) is 2. The largest absolute Gasteiger partial charge is 1.00 e. The SMILES string of the molecule is CS(=O)(=O)OCCOCCOS(C)(=O)=O.O=C1[N-]C(=O)c2ccccc21.O=C1c2ccccc2C(=O)N1CCOCCN1C(=O)c2ccccc2C1=O.[2H]CF.[K+]. The summed E-state index contributed by atoms with van der Waals surface area (Å²) in [5.74, 6) is -2.19. The molecule has 0 bridgehead atoms. The van der Waals surface area contributed by atoms with E-state index < -0.39 is 39.2 Å². The van der Waals surface area contributed by atoms with Crippen molar-refractivity contribution in [1.82, 2.24) is 9.80 Å². The van der Waals surface area contributed by atoms with E-state index in [-0.39, 0.29) is 128 Å². The molecule has 0 saturated heterocycles. The minimum atomic E-state index is -3.45. The van der Waals surface area contributed by atoms with E-state index in [2.05, 4.69) is 13.7 Å². The molecule has 0 aromatic heterocycles. The van der Waals surface area contributed by atoms with Gasteiger partial charge in [-0.3, -0.25) is 41.7 Å². The Morgan fingerprint density at radius 1 is 0.536 bits per heavy atom. The van der Waals surface area contributed by atoms with Crippen molar-refractivity contribution in [1.29, 1.82) is 0 Å². The second-order valence-electron chi connectivity index (χ2n) is 11.2. The van der Waals surface area contributed by atoms with Gasteiger partial charge < -0.3 is 24.4 Å². The number of hydrogen-bond acceptors (Lipinski definition) is 14. The Bertz CT molecular complexity index is 1940. The average molecular weight is 847 g/mol. The molecule has 3 aromatic rings. The first-order valence-corrected chi connectivity index (χ1v) is 19.6. The molecule has 296 valence electrons. The van der Waals surface area contributed by atoms with E-state index in [9.17, 15) is 50.0 Å². The Hall–Kier alpha value is -3.61. The molecule has 0 aliphatic carbocycles. The number of carbonyl (C=O) groups is 6. The van der Waals surface area contributed by atoms with Gasteiger partial charge in [-0.2, -0.15) is 16.8 Å². The predicted octanol–water partition coefficient (Wildman–Crippen LogP) is -0.505. The number of hydrogen-bond donors (Lipinski definition) is 0. The molecule has 3 heterocycles. The van der Waals surface area contributed by atoms with Crippen LogP contribution in [0.1, 0.15) is 63.5 Å². The third kappa shape index (κ3) is 14.1. The molecule has 0 radical (unpaired) electrons. The maximum Gasteiger partial charge on any atom is 1.00 e. The van der Waals surface area contributed by atoms with Crippen LogP contribution in [0.15, 0.2) is 72.8 Å². The van der Waals surface area contributed by atoms with E-state index in [1.807, 2.05) is 0 Å². The quantitative estimate of drug-likeness (QED) is 0.0863. The predicted molar refractivity (Wildman–Crippen MR) is 192 cm³/mol. The molecule has 56 heavy (non-hydrogen) atoms. The Balaban J connectivity index is 0.000000315. The smallest absolute Gasteiger partial charge is 0.587 e. The van der Waals surface area contributed by atoms with Gasteiger partial charge in [0.15, 0.2) is 0 Å². The molecule has 6 rings (SSSR count). The summed E-state index contributed by atoms with van der Waals surface area (Å²) in [7, 11) is -7.89. The topological polar surface area (TPSA) is 228 Å². The summed E-state index contributed by atoms with van der Waals surface area (Å²) < 4.78 is 76.4. The molecule has 0 saturated carbocycles. The summed E-state index contributed by atoms with van der Waals surface area (Å²) in [6, 6.07) is 20.0. The molecule has 3 aromatic carbocycles. The number of nitrogens with zero attached hydrogens (tertiary/aromatic N) is 3. The number of benzene rings is 3. The average Bonchev–Trinajstić information content (AvgIpc) is 3.68. The van der Waals surface area contributed by atoms with Crippen LogP contribution in [0.2, 0.25) is 0 Å². The fourth-order valence-electron chi connectivity index (χ4n) is 4.96. The summed E-state index contributed by atoms with van der Waals surface area (Å²) in [5.41, 5.74) is 2.42. The summed E-state index contributed by atoms with van der Waals surface area (Å²) in [5, 5.41) is 3.28. The monoisotopic (exact) mass is 846 g/mol. The zero-order chi connectivity index (χ0) is 41.5. The van der Waals surface area contributed by atoms with Crippen molar-refractivity contribution in [3.05, 3.63) is 111 Å².